The van der Waals surface area contributed by atoms with Crippen molar-refractivity contribution in [1.29, 1.82) is 0 Å². The Morgan fingerprint density at radius 1 is 1.08 bits per heavy atom. The smallest absolute Gasteiger partial charge is 0.309 e. The van der Waals surface area contributed by atoms with Crippen LogP contribution >= 0.6 is 0 Å². The standard InChI is InChI=1S/C31H40O7/c1-6-9-26(34-19-21-12-13-22-10-7-8-11-23(22)16-21)31(4)27(35-20-33-5)17-29(2)25(37-31)15-14-24-30(3,38-29)18-28(32)36-24/h6-8,10-13,16,24-27H,1,9,14-15,17-20H2,2-5H3/t24-,25-,26+,27-,29+,30-,31+/m1/s1. The number of carbonyl (C=O) groups is 1. The van der Waals surface area contributed by atoms with E-state index in [2.05, 4.69) is 50.8 Å². The van der Waals surface area contributed by atoms with E-state index in [1.165, 1.54) is 10.8 Å². The molecule has 3 fully saturated rings. The summed E-state index contributed by atoms with van der Waals surface area (Å²) in [6, 6.07) is 14.7. The Kier molecular flexibility index (Phi) is 7.68. The van der Waals surface area contributed by atoms with E-state index in [1.807, 2.05) is 25.1 Å². The van der Waals surface area contributed by atoms with E-state index in [4.69, 9.17) is 28.4 Å². The molecule has 0 unspecified atom stereocenters. The molecule has 38 heavy (non-hydrogen) atoms. The van der Waals surface area contributed by atoms with Crippen LogP contribution in [0.5, 0.6) is 0 Å². The van der Waals surface area contributed by atoms with Crippen molar-refractivity contribution in [2.45, 2.75) is 101 Å². The predicted molar refractivity (Wildman–Crippen MR) is 144 cm³/mol. The number of fused-ring (bicyclic) bond motifs is 3. The molecular weight excluding hydrogens is 484 g/mol. The summed E-state index contributed by atoms with van der Waals surface area (Å²) in [6.45, 7) is 10.7. The van der Waals surface area contributed by atoms with Crippen LogP contribution in [0.4, 0.5) is 0 Å². The molecule has 5 rings (SSSR count). The molecule has 0 saturated carbocycles. The highest BCUT2D eigenvalue weighted by atomic mass is 16.7. The Bertz CT molecular complexity index is 1170. The molecule has 3 saturated heterocycles. The van der Waals surface area contributed by atoms with Crippen molar-refractivity contribution >= 4 is 16.7 Å². The van der Waals surface area contributed by atoms with E-state index in [-0.39, 0.29) is 43.6 Å². The lowest BCUT2D eigenvalue weighted by Gasteiger charge is -2.55. The molecule has 7 atom stereocenters. The molecule has 3 heterocycles. The van der Waals surface area contributed by atoms with Crippen molar-refractivity contribution in [3.8, 4) is 0 Å². The number of carbonyl (C=O) groups excluding carboxylic acids is 1. The number of rotatable bonds is 9. The summed E-state index contributed by atoms with van der Waals surface area (Å²) in [7, 11) is 1.61. The van der Waals surface area contributed by atoms with E-state index in [0.29, 0.717) is 32.3 Å². The van der Waals surface area contributed by atoms with Gasteiger partial charge in [0, 0.05) is 13.5 Å². The van der Waals surface area contributed by atoms with Gasteiger partial charge in [-0.25, -0.2) is 0 Å². The van der Waals surface area contributed by atoms with Crippen LogP contribution in [-0.4, -0.2) is 61.1 Å². The summed E-state index contributed by atoms with van der Waals surface area (Å²) >= 11 is 0. The highest BCUT2D eigenvalue weighted by molar-refractivity contribution is 5.82. The lowest BCUT2D eigenvalue weighted by atomic mass is 9.76. The maximum Gasteiger partial charge on any atom is 0.309 e. The van der Waals surface area contributed by atoms with Gasteiger partial charge in [-0.05, 0) is 62.4 Å². The average molecular weight is 525 g/mol. The highest BCUT2D eigenvalue weighted by Crippen LogP contribution is 2.50. The SMILES string of the molecule is C=CC[C@H](OCc1ccc2ccccc2c1)[C@]1(C)O[C@@H]2CC[C@H]3OC(=O)C[C@@]3(C)O[C@@]2(C)C[C@H]1OCOC. The molecule has 0 amide bonds. The van der Waals surface area contributed by atoms with Crippen molar-refractivity contribution in [3.63, 3.8) is 0 Å². The molecule has 0 bridgehead atoms. The van der Waals surface area contributed by atoms with E-state index in [0.717, 1.165) is 5.56 Å². The van der Waals surface area contributed by atoms with Gasteiger partial charge < -0.3 is 28.4 Å². The monoisotopic (exact) mass is 524 g/mol. The molecule has 0 radical (unpaired) electrons. The summed E-state index contributed by atoms with van der Waals surface area (Å²) in [5.74, 6) is -0.207. The van der Waals surface area contributed by atoms with E-state index < -0.39 is 16.8 Å². The molecule has 2 aromatic rings. The molecule has 0 N–H and O–H groups in total. The maximum absolute atomic E-state index is 12.1. The largest absolute Gasteiger partial charge is 0.459 e. The van der Waals surface area contributed by atoms with Crippen LogP contribution < -0.4 is 0 Å². The number of hydrogen-bond donors (Lipinski definition) is 0. The van der Waals surface area contributed by atoms with Crippen LogP contribution in [0.3, 0.4) is 0 Å². The normalized spacial score (nSPS) is 35.7. The predicted octanol–water partition coefficient (Wildman–Crippen LogP) is 5.48. The number of esters is 1. The van der Waals surface area contributed by atoms with E-state index in [9.17, 15) is 4.79 Å². The first-order valence-corrected chi connectivity index (χ1v) is 13.6. The minimum atomic E-state index is -0.784. The zero-order valence-electron chi connectivity index (χ0n) is 22.9. The molecule has 206 valence electrons. The second kappa shape index (κ2) is 10.7. The fraction of sp³-hybridized carbons (Fsp3) is 0.581. The molecule has 3 aliphatic heterocycles. The molecule has 7 nitrogen and oxygen atoms in total. The first kappa shape index (κ1) is 27.3. The van der Waals surface area contributed by atoms with Gasteiger partial charge in [-0.3, -0.25) is 4.79 Å². The van der Waals surface area contributed by atoms with E-state index in [1.54, 1.807) is 7.11 Å². The lowest BCUT2D eigenvalue weighted by Crippen LogP contribution is -2.66. The highest BCUT2D eigenvalue weighted by Gasteiger charge is 2.61. The molecule has 0 aromatic heterocycles. The van der Waals surface area contributed by atoms with Gasteiger partial charge >= 0.3 is 5.97 Å². The number of hydrogen-bond acceptors (Lipinski definition) is 7. The van der Waals surface area contributed by atoms with Crippen LogP contribution in [0.1, 0.15) is 58.4 Å². The summed E-state index contributed by atoms with van der Waals surface area (Å²) in [5.41, 5.74) is -1.03. The first-order chi connectivity index (χ1) is 18.2. The Labute approximate surface area is 225 Å². The van der Waals surface area contributed by atoms with Crippen molar-refractivity contribution in [2.24, 2.45) is 0 Å². The van der Waals surface area contributed by atoms with Gasteiger partial charge in [-0.2, -0.15) is 0 Å². The molecule has 0 spiro atoms. The molecule has 3 aliphatic rings. The molecule has 7 heteroatoms. The second-order valence-electron chi connectivity index (χ2n) is 11.5. The third-order valence-corrected chi connectivity index (χ3v) is 8.59. The van der Waals surface area contributed by atoms with Gasteiger partial charge in [0.1, 0.15) is 24.1 Å². The lowest BCUT2D eigenvalue weighted by molar-refractivity contribution is -0.320. The van der Waals surface area contributed by atoms with Crippen LogP contribution in [0.25, 0.3) is 10.8 Å². The molecular formula is C31H40O7. The van der Waals surface area contributed by atoms with Crippen LogP contribution in [-0.2, 0) is 39.8 Å². The quantitative estimate of drug-likeness (QED) is 0.244. The van der Waals surface area contributed by atoms with Gasteiger partial charge in [0.2, 0.25) is 0 Å². The molecule has 0 aliphatic carbocycles. The second-order valence-corrected chi connectivity index (χ2v) is 11.5. The number of benzene rings is 2. The summed E-state index contributed by atoms with van der Waals surface area (Å²) in [6.07, 6.45) is 3.50. The minimum absolute atomic E-state index is 0.122. The number of ether oxygens (including phenoxy) is 6. The Morgan fingerprint density at radius 3 is 2.61 bits per heavy atom. The Hall–Kier alpha value is -2.29. The van der Waals surface area contributed by atoms with Crippen molar-refractivity contribution in [1.82, 2.24) is 0 Å². The van der Waals surface area contributed by atoms with Crippen molar-refractivity contribution < 1.29 is 33.2 Å². The van der Waals surface area contributed by atoms with E-state index >= 15 is 0 Å². The Balaban J connectivity index is 1.40. The topological polar surface area (TPSA) is 72.5 Å². The fourth-order valence-corrected chi connectivity index (χ4v) is 6.51. The minimum Gasteiger partial charge on any atom is -0.459 e. The fourth-order valence-electron chi connectivity index (χ4n) is 6.51. The van der Waals surface area contributed by atoms with Crippen LogP contribution in [0.15, 0.2) is 55.1 Å². The first-order valence-electron chi connectivity index (χ1n) is 13.6. The van der Waals surface area contributed by atoms with Crippen molar-refractivity contribution in [2.75, 3.05) is 13.9 Å². The third kappa shape index (κ3) is 5.15. The summed E-state index contributed by atoms with van der Waals surface area (Å²) in [5, 5.41) is 2.38. The van der Waals surface area contributed by atoms with Gasteiger partial charge in [-0.1, -0.05) is 42.5 Å². The zero-order valence-corrected chi connectivity index (χ0v) is 22.9. The molecule has 2 aromatic carbocycles. The Morgan fingerprint density at radius 2 is 1.84 bits per heavy atom. The summed E-state index contributed by atoms with van der Waals surface area (Å²) < 4.78 is 37.5. The van der Waals surface area contributed by atoms with Gasteiger partial charge in [0.25, 0.3) is 0 Å². The number of methoxy groups -OCH3 is 1. The van der Waals surface area contributed by atoms with Crippen LogP contribution in [0, 0.1) is 0 Å². The van der Waals surface area contributed by atoms with Gasteiger partial charge in [0.15, 0.2) is 0 Å². The zero-order chi connectivity index (χ0) is 27.0. The van der Waals surface area contributed by atoms with Crippen LogP contribution in [0.2, 0.25) is 0 Å². The van der Waals surface area contributed by atoms with Gasteiger partial charge in [0.05, 0.1) is 36.9 Å². The van der Waals surface area contributed by atoms with Gasteiger partial charge in [-0.15, -0.1) is 6.58 Å². The maximum atomic E-state index is 12.1. The average Bonchev–Trinajstić information content (AvgIpc) is 3.12. The summed E-state index contributed by atoms with van der Waals surface area (Å²) in [4.78, 5) is 12.1. The third-order valence-electron chi connectivity index (χ3n) is 8.59. The van der Waals surface area contributed by atoms with Crippen molar-refractivity contribution in [3.05, 3.63) is 60.7 Å².